The number of hydrogen-bond acceptors (Lipinski definition) is 4. The molecular weight excluding hydrogens is 325 g/mol. The van der Waals surface area contributed by atoms with Crippen LogP contribution in [0.1, 0.15) is 19.4 Å². The van der Waals surface area contributed by atoms with Crippen molar-refractivity contribution in [2.24, 2.45) is 5.92 Å². The molecule has 1 fully saturated rings. The number of thioether (sulfide) groups is 1. The van der Waals surface area contributed by atoms with Crippen molar-refractivity contribution >= 4 is 46.3 Å². The fourth-order valence-corrected chi connectivity index (χ4v) is 3.49. The monoisotopic (exact) mass is 339 g/mol. The molecule has 2 rings (SSSR count). The van der Waals surface area contributed by atoms with Crippen molar-refractivity contribution in [1.29, 1.82) is 0 Å². The Morgan fingerprint density at radius 2 is 2.14 bits per heavy atom. The summed E-state index contributed by atoms with van der Waals surface area (Å²) in [6.45, 7) is 3.43. The molecule has 22 heavy (non-hydrogen) atoms. The molecule has 0 aromatic heterocycles. The Labute approximate surface area is 137 Å². The van der Waals surface area contributed by atoms with Crippen LogP contribution in [0.2, 0.25) is 0 Å². The van der Waals surface area contributed by atoms with E-state index in [0.29, 0.717) is 10.5 Å². The van der Waals surface area contributed by atoms with Gasteiger partial charge in [0.25, 0.3) is 5.91 Å². The number of benzene rings is 1. The second-order valence-corrected chi connectivity index (χ2v) is 6.81. The molecule has 1 aromatic carbocycles. The Morgan fingerprint density at radius 1 is 1.45 bits per heavy atom. The smallest absolute Gasteiger partial charge is 0.327 e. The third-order valence-electron chi connectivity index (χ3n) is 3.13. The summed E-state index contributed by atoms with van der Waals surface area (Å²) < 4.78 is 13.4. The van der Waals surface area contributed by atoms with Gasteiger partial charge in [-0.1, -0.05) is 50.0 Å². The molecule has 7 heteroatoms. The maximum Gasteiger partial charge on any atom is 0.327 e. The summed E-state index contributed by atoms with van der Waals surface area (Å²) in [6, 6.07) is 4.79. The first-order chi connectivity index (χ1) is 10.3. The fraction of sp³-hybridized carbons (Fsp3) is 0.267. The van der Waals surface area contributed by atoms with Gasteiger partial charge < -0.3 is 5.11 Å². The predicted octanol–water partition coefficient (Wildman–Crippen LogP) is 3.14. The van der Waals surface area contributed by atoms with E-state index in [1.165, 1.54) is 24.3 Å². The molecule has 0 aliphatic carbocycles. The number of rotatable bonds is 4. The number of thiocarbonyl (C=S) groups is 1. The largest absolute Gasteiger partial charge is 0.480 e. The Hall–Kier alpha value is -1.73. The van der Waals surface area contributed by atoms with Crippen molar-refractivity contribution in [3.05, 3.63) is 40.6 Å². The van der Waals surface area contributed by atoms with E-state index in [-0.39, 0.29) is 10.2 Å². The standard InChI is InChI=1S/C15H14FNO3S2/c1-8(2)12(14(19)20)17-13(18)11(22-15(17)21)7-9-4-3-5-10(16)6-9/h3-8,12H,1-2H3,(H,19,20)/b11-7-. The Balaban J connectivity index is 2.34. The molecular formula is C15H14FNO3S2. The van der Waals surface area contributed by atoms with Crippen molar-refractivity contribution < 1.29 is 19.1 Å². The van der Waals surface area contributed by atoms with Gasteiger partial charge in [0.2, 0.25) is 0 Å². The average Bonchev–Trinajstić information content (AvgIpc) is 2.66. The molecule has 4 nitrogen and oxygen atoms in total. The van der Waals surface area contributed by atoms with Crippen LogP contribution in [0.25, 0.3) is 6.08 Å². The minimum atomic E-state index is -1.10. The molecule has 0 bridgehead atoms. The lowest BCUT2D eigenvalue weighted by atomic mass is 10.0. The van der Waals surface area contributed by atoms with Crippen LogP contribution in [0.15, 0.2) is 29.2 Å². The van der Waals surface area contributed by atoms with Crippen LogP contribution < -0.4 is 0 Å². The maximum atomic E-state index is 13.2. The number of carbonyl (C=O) groups excluding carboxylic acids is 1. The molecule has 1 N–H and O–H groups in total. The summed E-state index contributed by atoms with van der Waals surface area (Å²) >= 11 is 6.17. The van der Waals surface area contributed by atoms with Gasteiger partial charge in [0.05, 0.1) is 4.91 Å². The molecule has 1 unspecified atom stereocenters. The Bertz CT molecular complexity index is 673. The van der Waals surface area contributed by atoms with Crippen LogP contribution in [-0.2, 0) is 9.59 Å². The van der Waals surface area contributed by atoms with Gasteiger partial charge >= 0.3 is 5.97 Å². The quantitative estimate of drug-likeness (QED) is 0.675. The first kappa shape index (κ1) is 16.6. The Morgan fingerprint density at radius 3 is 2.68 bits per heavy atom. The summed E-state index contributed by atoms with van der Waals surface area (Å²) in [5, 5.41) is 9.32. The lowest BCUT2D eigenvalue weighted by Crippen LogP contribution is -2.47. The van der Waals surface area contributed by atoms with Gasteiger partial charge in [-0.2, -0.15) is 0 Å². The van der Waals surface area contributed by atoms with E-state index in [1.807, 2.05) is 0 Å². The molecule has 1 heterocycles. The van der Waals surface area contributed by atoms with Crippen molar-refractivity contribution in [2.75, 3.05) is 0 Å². The SMILES string of the molecule is CC(C)C(C(=O)O)N1C(=O)/C(=C/c2cccc(F)c2)SC1=S. The summed E-state index contributed by atoms with van der Waals surface area (Å²) in [5.41, 5.74) is 0.525. The van der Waals surface area contributed by atoms with Gasteiger partial charge in [-0.15, -0.1) is 0 Å². The Kier molecular flexibility index (Phi) is 4.97. The highest BCUT2D eigenvalue weighted by Crippen LogP contribution is 2.35. The third-order valence-corrected chi connectivity index (χ3v) is 4.46. The number of hydrogen-bond donors (Lipinski definition) is 1. The topological polar surface area (TPSA) is 57.6 Å². The average molecular weight is 339 g/mol. The van der Waals surface area contributed by atoms with Gasteiger partial charge in [-0.05, 0) is 29.7 Å². The van der Waals surface area contributed by atoms with Crippen LogP contribution in [0.3, 0.4) is 0 Å². The number of amides is 1. The lowest BCUT2D eigenvalue weighted by Gasteiger charge is -2.26. The van der Waals surface area contributed by atoms with E-state index in [0.717, 1.165) is 16.7 Å². The molecule has 1 saturated heterocycles. The minimum Gasteiger partial charge on any atom is -0.480 e. The first-order valence-electron chi connectivity index (χ1n) is 6.56. The molecule has 0 saturated carbocycles. The predicted molar refractivity (Wildman–Crippen MR) is 87.7 cm³/mol. The van der Waals surface area contributed by atoms with Crippen molar-refractivity contribution in [3.8, 4) is 0 Å². The van der Waals surface area contributed by atoms with Crippen LogP contribution in [0, 0.1) is 11.7 Å². The van der Waals surface area contributed by atoms with Gasteiger partial charge in [0.15, 0.2) is 0 Å². The zero-order chi connectivity index (χ0) is 16.4. The van der Waals surface area contributed by atoms with Crippen LogP contribution in [0.4, 0.5) is 4.39 Å². The summed E-state index contributed by atoms with van der Waals surface area (Å²) in [7, 11) is 0. The van der Waals surface area contributed by atoms with E-state index >= 15 is 0 Å². The number of halogens is 1. The van der Waals surface area contributed by atoms with Gasteiger partial charge in [-0.25, -0.2) is 9.18 Å². The summed E-state index contributed by atoms with van der Waals surface area (Å²) in [4.78, 5) is 25.3. The van der Waals surface area contributed by atoms with Crippen molar-refractivity contribution in [1.82, 2.24) is 4.90 Å². The highest BCUT2D eigenvalue weighted by Gasteiger charge is 2.41. The number of carboxylic acids is 1. The molecule has 1 aliphatic rings. The molecule has 1 atom stereocenters. The molecule has 1 aliphatic heterocycles. The number of carboxylic acid groups (broad SMARTS) is 1. The molecule has 1 aromatic rings. The fourth-order valence-electron chi connectivity index (χ4n) is 2.16. The van der Waals surface area contributed by atoms with Crippen LogP contribution in [0.5, 0.6) is 0 Å². The van der Waals surface area contributed by atoms with Crippen LogP contribution >= 0.6 is 24.0 Å². The second-order valence-electron chi connectivity index (χ2n) is 5.13. The van der Waals surface area contributed by atoms with Gasteiger partial charge in [0.1, 0.15) is 16.2 Å². The van der Waals surface area contributed by atoms with Crippen molar-refractivity contribution in [2.45, 2.75) is 19.9 Å². The molecule has 1 amide bonds. The van der Waals surface area contributed by atoms with Gasteiger partial charge in [-0.3, -0.25) is 9.69 Å². The molecule has 116 valence electrons. The maximum absolute atomic E-state index is 13.2. The number of aliphatic carboxylic acids is 1. The zero-order valence-corrected chi connectivity index (χ0v) is 13.6. The summed E-state index contributed by atoms with van der Waals surface area (Å²) in [5.74, 6) is -2.25. The summed E-state index contributed by atoms with van der Waals surface area (Å²) in [6.07, 6.45) is 1.52. The number of carbonyl (C=O) groups is 2. The second kappa shape index (κ2) is 6.58. The van der Waals surface area contributed by atoms with Crippen LogP contribution in [-0.4, -0.2) is 32.2 Å². The minimum absolute atomic E-state index is 0.203. The normalized spacial score (nSPS) is 18.4. The third kappa shape index (κ3) is 3.36. The zero-order valence-electron chi connectivity index (χ0n) is 11.9. The molecule has 0 spiro atoms. The van der Waals surface area contributed by atoms with Gasteiger partial charge in [0, 0.05) is 0 Å². The van der Waals surface area contributed by atoms with E-state index in [4.69, 9.17) is 12.2 Å². The van der Waals surface area contributed by atoms with E-state index < -0.39 is 23.7 Å². The van der Waals surface area contributed by atoms with E-state index in [1.54, 1.807) is 19.9 Å². The van der Waals surface area contributed by atoms with Crippen molar-refractivity contribution in [3.63, 3.8) is 0 Å². The lowest BCUT2D eigenvalue weighted by molar-refractivity contribution is -0.146. The highest BCUT2D eigenvalue weighted by atomic mass is 32.2. The highest BCUT2D eigenvalue weighted by molar-refractivity contribution is 8.26. The van der Waals surface area contributed by atoms with E-state index in [2.05, 4.69) is 0 Å². The molecule has 0 radical (unpaired) electrons. The number of nitrogens with zero attached hydrogens (tertiary/aromatic N) is 1. The first-order valence-corrected chi connectivity index (χ1v) is 7.79. The van der Waals surface area contributed by atoms with E-state index in [9.17, 15) is 19.1 Å².